The molecule has 1 atom stereocenters. The topological polar surface area (TPSA) is 104 Å². The van der Waals surface area contributed by atoms with E-state index in [9.17, 15) is 4.79 Å². The van der Waals surface area contributed by atoms with Crippen molar-refractivity contribution in [1.29, 1.82) is 0 Å². The standard InChI is InChI=1S/C14H16N6O2/c15-12-17-13(20-5-7-22-8-6-20)19-14(18-12)9-3-1-2-4-10(9)16-11(14)21/h1-4H,5-8H2,(H,16,21)(H3,15,17,18,19)/t14-/m0/s1. The van der Waals surface area contributed by atoms with Crippen molar-refractivity contribution in [3.63, 3.8) is 0 Å². The summed E-state index contributed by atoms with van der Waals surface area (Å²) in [5.74, 6) is 0.454. The molecule has 0 aromatic heterocycles. The fourth-order valence-electron chi connectivity index (χ4n) is 2.90. The molecule has 3 aliphatic heterocycles. The van der Waals surface area contributed by atoms with Gasteiger partial charge in [-0.3, -0.25) is 10.1 Å². The number of morpholine rings is 1. The number of nitrogens with two attached hydrogens (primary N) is 1. The third-order valence-electron chi connectivity index (χ3n) is 3.97. The van der Waals surface area contributed by atoms with E-state index in [0.717, 1.165) is 11.3 Å². The van der Waals surface area contributed by atoms with E-state index in [1.807, 2.05) is 29.2 Å². The molecule has 4 N–H and O–H groups in total. The number of guanidine groups is 2. The lowest BCUT2D eigenvalue weighted by atomic mass is 10.0. The zero-order chi connectivity index (χ0) is 15.2. The van der Waals surface area contributed by atoms with Gasteiger partial charge in [0.25, 0.3) is 11.6 Å². The predicted molar refractivity (Wildman–Crippen MR) is 81.3 cm³/mol. The Kier molecular flexibility index (Phi) is 2.80. The van der Waals surface area contributed by atoms with Gasteiger partial charge in [-0.25, -0.2) is 9.98 Å². The van der Waals surface area contributed by atoms with Crippen molar-refractivity contribution in [3.05, 3.63) is 29.8 Å². The Morgan fingerprint density at radius 3 is 2.77 bits per heavy atom. The van der Waals surface area contributed by atoms with Gasteiger partial charge in [0.15, 0.2) is 5.96 Å². The zero-order valence-corrected chi connectivity index (χ0v) is 11.9. The van der Waals surface area contributed by atoms with E-state index in [-0.39, 0.29) is 11.9 Å². The Morgan fingerprint density at radius 1 is 1.18 bits per heavy atom. The van der Waals surface area contributed by atoms with E-state index < -0.39 is 5.66 Å². The lowest BCUT2D eigenvalue weighted by Crippen LogP contribution is -2.55. The van der Waals surface area contributed by atoms with E-state index in [1.54, 1.807) is 0 Å². The molecule has 3 heterocycles. The Labute approximate surface area is 127 Å². The maximum atomic E-state index is 12.5. The van der Waals surface area contributed by atoms with Gasteiger partial charge in [0.1, 0.15) is 0 Å². The van der Waals surface area contributed by atoms with Crippen LogP contribution < -0.4 is 16.4 Å². The summed E-state index contributed by atoms with van der Waals surface area (Å²) in [7, 11) is 0. The van der Waals surface area contributed by atoms with Gasteiger partial charge in [0.05, 0.1) is 13.2 Å². The van der Waals surface area contributed by atoms with Crippen molar-refractivity contribution in [3.8, 4) is 0 Å². The highest BCUT2D eigenvalue weighted by atomic mass is 16.5. The fourth-order valence-corrected chi connectivity index (χ4v) is 2.90. The van der Waals surface area contributed by atoms with Crippen LogP contribution in [-0.2, 0) is 15.2 Å². The number of para-hydroxylation sites is 1. The van der Waals surface area contributed by atoms with Crippen molar-refractivity contribution in [2.24, 2.45) is 15.7 Å². The highest BCUT2D eigenvalue weighted by molar-refractivity contribution is 6.11. The second kappa shape index (κ2) is 4.70. The van der Waals surface area contributed by atoms with Crippen LogP contribution in [0.4, 0.5) is 5.69 Å². The van der Waals surface area contributed by atoms with Crippen LogP contribution in [0.5, 0.6) is 0 Å². The minimum Gasteiger partial charge on any atom is -0.378 e. The third-order valence-corrected chi connectivity index (χ3v) is 3.97. The largest absolute Gasteiger partial charge is 0.378 e. The van der Waals surface area contributed by atoms with Crippen LogP contribution in [0.25, 0.3) is 0 Å². The van der Waals surface area contributed by atoms with Crippen LogP contribution in [0.15, 0.2) is 34.3 Å². The lowest BCUT2D eigenvalue weighted by Gasteiger charge is -2.34. The van der Waals surface area contributed by atoms with E-state index in [0.29, 0.717) is 32.3 Å². The number of nitrogens with one attached hydrogen (secondary N) is 2. The summed E-state index contributed by atoms with van der Waals surface area (Å²) in [4.78, 5) is 23.5. The molecule has 1 aromatic rings. The van der Waals surface area contributed by atoms with E-state index in [1.165, 1.54) is 0 Å². The number of rotatable bonds is 0. The van der Waals surface area contributed by atoms with Crippen molar-refractivity contribution in [2.75, 3.05) is 31.6 Å². The molecule has 0 unspecified atom stereocenters. The first-order valence-corrected chi connectivity index (χ1v) is 7.15. The van der Waals surface area contributed by atoms with E-state index >= 15 is 0 Å². The third kappa shape index (κ3) is 1.84. The fraction of sp³-hybridized carbons (Fsp3) is 0.357. The van der Waals surface area contributed by atoms with Gasteiger partial charge >= 0.3 is 0 Å². The number of ether oxygens (including phenoxy) is 1. The number of carbonyl (C=O) groups excluding carboxylic acids is 1. The molecule has 3 aliphatic rings. The SMILES string of the molecule is NC1=N[C@@]2(N=C(N3CCOCC3)N1)C(=O)Nc1ccccc12. The minimum absolute atomic E-state index is 0.184. The normalized spacial score (nSPS) is 26.9. The predicted octanol–water partition coefficient (Wildman–Crippen LogP) is -0.602. The Balaban J connectivity index is 1.81. The van der Waals surface area contributed by atoms with Crippen LogP contribution in [0, 0.1) is 0 Å². The number of carbonyl (C=O) groups is 1. The summed E-state index contributed by atoms with van der Waals surface area (Å²) >= 11 is 0. The van der Waals surface area contributed by atoms with Gasteiger partial charge in [-0.15, -0.1) is 0 Å². The molecule has 8 nitrogen and oxygen atoms in total. The Morgan fingerprint density at radius 2 is 1.95 bits per heavy atom. The molecular weight excluding hydrogens is 284 g/mol. The number of anilines is 1. The van der Waals surface area contributed by atoms with Crippen molar-refractivity contribution in [2.45, 2.75) is 5.66 Å². The van der Waals surface area contributed by atoms with Crippen LogP contribution in [-0.4, -0.2) is 49.0 Å². The second-order valence-electron chi connectivity index (χ2n) is 5.33. The molecule has 8 heteroatoms. The number of fused-ring (bicyclic) bond motifs is 2. The molecule has 0 saturated carbocycles. The maximum Gasteiger partial charge on any atom is 0.280 e. The molecule has 0 radical (unpaired) electrons. The molecule has 0 aliphatic carbocycles. The molecule has 1 saturated heterocycles. The van der Waals surface area contributed by atoms with Gasteiger partial charge in [0.2, 0.25) is 5.96 Å². The van der Waals surface area contributed by atoms with Crippen LogP contribution in [0.3, 0.4) is 0 Å². The van der Waals surface area contributed by atoms with Crippen LogP contribution >= 0.6 is 0 Å². The first kappa shape index (κ1) is 13.1. The van der Waals surface area contributed by atoms with Gasteiger partial charge in [-0.1, -0.05) is 18.2 Å². The number of amides is 1. The van der Waals surface area contributed by atoms with Crippen molar-refractivity contribution < 1.29 is 9.53 Å². The molecule has 22 heavy (non-hydrogen) atoms. The second-order valence-corrected chi connectivity index (χ2v) is 5.33. The van der Waals surface area contributed by atoms with Gasteiger partial charge < -0.3 is 20.7 Å². The van der Waals surface area contributed by atoms with E-state index in [4.69, 9.17) is 10.5 Å². The molecule has 4 rings (SSSR count). The zero-order valence-electron chi connectivity index (χ0n) is 11.9. The number of aliphatic imine (C=N–C) groups is 2. The van der Waals surface area contributed by atoms with Gasteiger partial charge in [-0.2, -0.15) is 0 Å². The smallest absolute Gasteiger partial charge is 0.280 e. The average Bonchev–Trinajstić information content (AvgIpc) is 2.80. The quantitative estimate of drug-likeness (QED) is 0.593. The molecule has 1 fully saturated rings. The van der Waals surface area contributed by atoms with Crippen LogP contribution in [0.2, 0.25) is 0 Å². The summed E-state index contributed by atoms with van der Waals surface area (Å²) in [5.41, 5.74) is 6.03. The first-order chi connectivity index (χ1) is 10.7. The van der Waals surface area contributed by atoms with E-state index in [2.05, 4.69) is 20.6 Å². The Hall–Kier alpha value is -2.61. The highest BCUT2D eigenvalue weighted by Crippen LogP contribution is 2.41. The summed E-state index contributed by atoms with van der Waals surface area (Å²) < 4.78 is 5.35. The summed E-state index contributed by atoms with van der Waals surface area (Å²) in [5, 5.41) is 5.78. The number of hydrogen-bond donors (Lipinski definition) is 3. The number of hydrogen-bond acceptors (Lipinski definition) is 7. The highest BCUT2D eigenvalue weighted by Gasteiger charge is 2.49. The molecule has 1 spiro atoms. The maximum absolute atomic E-state index is 12.5. The number of benzene rings is 1. The van der Waals surface area contributed by atoms with Crippen LogP contribution in [0.1, 0.15) is 5.56 Å². The summed E-state index contributed by atoms with van der Waals surface area (Å²) in [6.45, 7) is 2.62. The van der Waals surface area contributed by atoms with Gasteiger partial charge in [-0.05, 0) is 6.07 Å². The monoisotopic (exact) mass is 300 g/mol. The Bertz CT molecular complexity index is 694. The summed E-state index contributed by atoms with van der Waals surface area (Å²) in [6.07, 6.45) is 0. The average molecular weight is 300 g/mol. The first-order valence-electron chi connectivity index (χ1n) is 7.15. The lowest BCUT2D eigenvalue weighted by molar-refractivity contribution is -0.120. The molecule has 1 aromatic carbocycles. The van der Waals surface area contributed by atoms with Crippen molar-refractivity contribution in [1.82, 2.24) is 10.2 Å². The summed E-state index contributed by atoms with van der Waals surface area (Å²) in [6, 6.07) is 7.40. The number of nitrogens with zero attached hydrogens (tertiary/aromatic N) is 3. The van der Waals surface area contributed by atoms with Crippen molar-refractivity contribution >= 4 is 23.5 Å². The van der Waals surface area contributed by atoms with Gasteiger partial charge in [0, 0.05) is 24.3 Å². The molecular formula is C14H16N6O2. The molecule has 114 valence electrons. The molecule has 1 amide bonds. The minimum atomic E-state index is -1.33. The molecule has 0 bridgehead atoms.